The normalized spacial score (nSPS) is 22.0. The molecule has 1 saturated carbocycles. The first-order valence-corrected chi connectivity index (χ1v) is 15.9. The van der Waals surface area contributed by atoms with Crippen molar-refractivity contribution in [1.29, 1.82) is 0 Å². The molecule has 0 bridgehead atoms. The number of rotatable bonds is 11. The minimum Gasteiger partial charge on any atom is -0.445 e. The molecule has 3 atom stereocenters. The first-order chi connectivity index (χ1) is 19.6. The van der Waals surface area contributed by atoms with E-state index in [0.717, 1.165) is 45.3 Å². The smallest absolute Gasteiger partial charge is 0.410 e. The molecule has 0 radical (unpaired) electrons. The lowest BCUT2D eigenvalue weighted by atomic mass is 9.88. The fraction of sp³-hybridized carbons (Fsp3) is 0.500. The van der Waals surface area contributed by atoms with Crippen molar-refractivity contribution in [2.45, 2.75) is 50.3 Å². The van der Waals surface area contributed by atoms with Gasteiger partial charge in [-0.05, 0) is 60.8 Å². The maximum atomic E-state index is 13.0. The van der Waals surface area contributed by atoms with E-state index in [1.807, 2.05) is 18.2 Å². The maximum Gasteiger partial charge on any atom is 0.410 e. The summed E-state index contributed by atoms with van der Waals surface area (Å²) in [6, 6.07) is 16.3. The number of likely N-dealkylation sites (tertiary alicyclic amines) is 1. The molecule has 10 nitrogen and oxygen atoms in total. The SMILES string of the molecule is C=CCN(C(=O)OCc1ccc([N+](=O)[O-])cc1)C1CCN(C[C@H]2CC(N(C)S(C)(=O)=O)C[C@@H]2c2ccccc2)CC1. The standard InChI is InChI=1S/C30H40N4O6S/c1-4-16-33(30(35)40-22-23-10-12-27(13-11-23)34(36)37)26-14-17-32(18-15-26)21-25-19-28(31(2)41(3,38)39)20-29(25)24-8-6-5-7-9-24/h4-13,25-26,28-29H,1,14-22H2,2-3H3/t25-,28?,29-/m1/s1. The van der Waals surface area contributed by atoms with Crippen LogP contribution in [0.3, 0.4) is 0 Å². The van der Waals surface area contributed by atoms with Crippen LogP contribution in [0.2, 0.25) is 0 Å². The minimum atomic E-state index is -3.27. The molecule has 1 unspecified atom stereocenters. The van der Waals surface area contributed by atoms with Crippen LogP contribution < -0.4 is 0 Å². The second kappa shape index (κ2) is 13.6. The van der Waals surface area contributed by atoms with E-state index >= 15 is 0 Å². The van der Waals surface area contributed by atoms with E-state index in [-0.39, 0.29) is 30.3 Å². The van der Waals surface area contributed by atoms with Gasteiger partial charge in [0.2, 0.25) is 10.0 Å². The third-order valence-corrected chi connectivity index (χ3v) is 9.84. The zero-order chi connectivity index (χ0) is 29.6. The second-order valence-electron chi connectivity index (χ2n) is 11.1. The number of hydrogen-bond acceptors (Lipinski definition) is 7. The molecule has 2 aromatic rings. The zero-order valence-corrected chi connectivity index (χ0v) is 24.6. The lowest BCUT2D eigenvalue weighted by Crippen LogP contribution is -2.48. The number of nitro benzene ring substituents is 1. The number of ether oxygens (including phenoxy) is 1. The molecule has 4 rings (SSSR count). The Kier molecular flexibility index (Phi) is 10.2. The molecule has 2 aliphatic rings. The van der Waals surface area contributed by atoms with Gasteiger partial charge in [0.05, 0.1) is 11.2 Å². The quantitative estimate of drug-likeness (QED) is 0.215. The van der Waals surface area contributed by atoms with Crippen LogP contribution in [-0.4, -0.2) is 85.1 Å². The van der Waals surface area contributed by atoms with Crippen molar-refractivity contribution < 1.29 is 22.9 Å². The summed E-state index contributed by atoms with van der Waals surface area (Å²) in [5.41, 5.74) is 1.93. The largest absolute Gasteiger partial charge is 0.445 e. The van der Waals surface area contributed by atoms with Gasteiger partial charge in [-0.1, -0.05) is 36.4 Å². The van der Waals surface area contributed by atoms with E-state index in [2.05, 4.69) is 23.6 Å². The number of nitrogens with zero attached hydrogens (tertiary/aromatic N) is 4. The van der Waals surface area contributed by atoms with Crippen LogP contribution in [-0.2, 0) is 21.4 Å². The molecule has 0 spiro atoms. The maximum absolute atomic E-state index is 13.0. The van der Waals surface area contributed by atoms with E-state index in [9.17, 15) is 23.3 Å². The summed E-state index contributed by atoms with van der Waals surface area (Å²) in [7, 11) is -1.59. The summed E-state index contributed by atoms with van der Waals surface area (Å²) < 4.78 is 31.6. The molecule has 1 aliphatic heterocycles. The van der Waals surface area contributed by atoms with E-state index < -0.39 is 21.0 Å². The van der Waals surface area contributed by atoms with E-state index in [1.54, 1.807) is 30.2 Å². The van der Waals surface area contributed by atoms with Gasteiger partial charge in [-0.15, -0.1) is 6.58 Å². The Morgan fingerprint density at radius 1 is 1.10 bits per heavy atom. The van der Waals surface area contributed by atoms with E-state index in [4.69, 9.17) is 4.74 Å². The molecule has 11 heteroatoms. The van der Waals surface area contributed by atoms with Crippen molar-refractivity contribution >= 4 is 21.8 Å². The van der Waals surface area contributed by atoms with Crippen molar-refractivity contribution in [2.24, 2.45) is 5.92 Å². The van der Waals surface area contributed by atoms with Crippen LogP contribution in [0.4, 0.5) is 10.5 Å². The Labute approximate surface area is 242 Å². The lowest BCUT2D eigenvalue weighted by molar-refractivity contribution is -0.384. The zero-order valence-electron chi connectivity index (χ0n) is 23.8. The summed E-state index contributed by atoms with van der Waals surface area (Å²) in [4.78, 5) is 27.6. The predicted octanol–water partition coefficient (Wildman–Crippen LogP) is 4.64. The molecule has 1 aliphatic carbocycles. The molecule has 1 amide bonds. The lowest BCUT2D eigenvalue weighted by Gasteiger charge is -2.39. The summed E-state index contributed by atoms with van der Waals surface area (Å²) in [6.45, 7) is 6.77. The average Bonchev–Trinajstić information content (AvgIpc) is 3.38. The number of hydrogen-bond donors (Lipinski definition) is 0. The highest BCUT2D eigenvalue weighted by atomic mass is 32.2. The van der Waals surface area contributed by atoms with Gasteiger partial charge in [0.1, 0.15) is 6.61 Å². The monoisotopic (exact) mass is 584 g/mol. The topological polar surface area (TPSA) is 113 Å². The third kappa shape index (κ3) is 7.93. The van der Waals surface area contributed by atoms with Crippen molar-refractivity contribution in [2.75, 3.05) is 39.5 Å². The van der Waals surface area contributed by atoms with Gasteiger partial charge < -0.3 is 14.5 Å². The Balaban J connectivity index is 1.34. The molecule has 0 aromatic heterocycles. The predicted molar refractivity (Wildman–Crippen MR) is 158 cm³/mol. The second-order valence-corrected chi connectivity index (χ2v) is 13.2. The number of sulfonamides is 1. The fourth-order valence-electron chi connectivity index (χ4n) is 6.17. The van der Waals surface area contributed by atoms with Gasteiger partial charge >= 0.3 is 6.09 Å². The number of non-ortho nitro benzene ring substituents is 1. The number of carbonyl (C=O) groups excluding carboxylic acids is 1. The highest BCUT2D eigenvalue weighted by molar-refractivity contribution is 7.88. The minimum absolute atomic E-state index is 0.00856. The Hall–Kier alpha value is -3.28. The van der Waals surface area contributed by atoms with Gasteiger partial charge in [-0.25, -0.2) is 17.5 Å². The highest BCUT2D eigenvalue weighted by Crippen LogP contribution is 2.42. The number of amides is 1. The van der Waals surface area contributed by atoms with Crippen molar-refractivity contribution in [3.05, 3.63) is 88.5 Å². The van der Waals surface area contributed by atoms with Crippen LogP contribution in [0.1, 0.15) is 42.7 Å². The summed E-state index contributed by atoms with van der Waals surface area (Å²) in [5.74, 6) is 0.619. The van der Waals surface area contributed by atoms with Crippen molar-refractivity contribution in [1.82, 2.24) is 14.1 Å². The summed E-state index contributed by atoms with van der Waals surface area (Å²) >= 11 is 0. The van der Waals surface area contributed by atoms with Gasteiger partial charge in [0.15, 0.2) is 0 Å². The summed E-state index contributed by atoms with van der Waals surface area (Å²) in [6.07, 6.45) is 5.78. The molecular formula is C30H40N4O6S. The molecule has 1 heterocycles. The van der Waals surface area contributed by atoms with Crippen LogP contribution >= 0.6 is 0 Å². The number of nitro groups is 1. The number of carbonyl (C=O) groups is 1. The molecule has 2 fully saturated rings. The average molecular weight is 585 g/mol. The van der Waals surface area contributed by atoms with E-state index in [1.165, 1.54) is 28.3 Å². The third-order valence-electron chi connectivity index (χ3n) is 8.50. The Morgan fingerprint density at radius 3 is 2.34 bits per heavy atom. The van der Waals surface area contributed by atoms with Crippen LogP contribution in [0.5, 0.6) is 0 Å². The molecule has 1 saturated heterocycles. The van der Waals surface area contributed by atoms with Crippen LogP contribution in [0.25, 0.3) is 0 Å². The Bertz CT molecular complexity index is 1300. The molecular weight excluding hydrogens is 544 g/mol. The number of benzene rings is 2. The molecule has 41 heavy (non-hydrogen) atoms. The Morgan fingerprint density at radius 2 is 1.76 bits per heavy atom. The number of piperidine rings is 1. The van der Waals surface area contributed by atoms with Gasteiger partial charge in [0, 0.05) is 57.4 Å². The molecule has 2 aromatic carbocycles. The fourth-order valence-corrected chi connectivity index (χ4v) is 6.89. The summed E-state index contributed by atoms with van der Waals surface area (Å²) in [5, 5.41) is 10.9. The first-order valence-electron chi connectivity index (χ1n) is 14.0. The van der Waals surface area contributed by atoms with Crippen LogP contribution in [0, 0.1) is 16.0 Å². The molecule has 0 N–H and O–H groups in total. The molecule has 222 valence electrons. The highest BCUT2D eigenvalue weighted by Gasteiger charge is 2.40. The van der Waals surface area contributed by atoms with Gasteiger partial charge in [0.25, 0.3) is 5.69 Å². The van der Waals surface area contributed by atoms with E-state index in [0.29, 0.717) is 18.0 Å². The van der Waals surface area contributed by atoms with Crippen molar-refractivity contribution in [3.63, 3.8) is 0 Å². The van der Waals surface area contributed by atoms with Gasteiger partial charge in [-0.3, -0.25) is 10.1 Å². The van der Waals surface area contributed by atoms with Crippen molar-refractivity contribution in [3.8, 4) is 0 Å². The first kappa shape index (κ1) is 30.7. The van der Waals surface area contributed by atoms with Gasteiger partial charge in [-0.2, -0.15) is 0 Å². The van der Waals surface area contributed by atoms with Crippen LogP contribution in [0.15, 0.2) is 67.3 Å².